The largest absolute Gasteiger partial charge is 0.497 e. The number of aromatic amines is 1. The van der Waals surface area contributed by atoms with E-state index in [4.69, 9.17) is 30.9 Å². The van der Waals surface area contributed by atoms with Crippen molar-refractivity contribution in [1.82, 2.24) is 9.88 Å². The van der Waals surface area contributed by atoms with Gasteiger partial charge in [0.2, 0.25) is 0 Å². The third-order valence-corrected chi connectivity index (χ3v) is 6.95. The van der Waals surface area contributed by atoms with Crippen LogP contribution in [0.2, 0.25) is 5.02 Å². The lowest BCUT2D eigenvalue weighted by Gasteiger charge is -2.35. The second kappa shape index (κ2) is 11.3. The topological polar surface area (TPSA) is 104 Å². The Balaban J connectivity index is 1.45. The number of fused-ring (bicyclic) bond motifs is 3. The van der Waals surface area contributed by atoms with Gasteiger partial charge in [0.1, 0.15) is 23.3 Å². The zero-order valence-electron chi connectivity index (χ0n) is 20.9. The number of aliphatic hydroxyl groups is 2. The van der Waals surface area contributed by atoms with Crippen molar-refractivity contribution in [1.29, 1.82) is 0 Å². The van der Waals surface area contributed by atoms with Gasteiger partial charge in [-0.05, 0) is 72.1 Å². The van der Waals surface area contributed by atoms with E-state index in [1.807, 2.05) is 42.5 Å². The zero-order chi connectivity index (χ0) is 26.6. The van der Waals surface area contributed by atoms with Gasteiger partial charge in [0.25, 0.3) is 0 Å². The highest BCUT2D eigenvalue weighted by Crippen LogP contribution is 2.40. The molecule has 5 rings (SSSR count). The Bertz CT molecular complexity index is 1400. The average molecular weight is 537 g/mol. The van der Waals surface area contributed by atoms with Crippen LogP contribution in [0.4, 0.5) is 4.79 Å². The van der Waals surface area contributed by atoms with E-state index in [0.29, 0.717) is 41.7 Å². The number of H-pyrrole nitrogens is 1. The summed E-state index contributed by atoms with van der Waals surface area (Å²) in [5.41, 5.74) is 3.88. The van der Waals surface area contributed by atoms with Gasteiger partial charge >= 0.3 is 6.09 Å². The first-order valence-electron chi connectivity index (χ1n) is 12.4. The highest BCUT2D eigenvalue weighted by molar-refractivity contribution is 6.31. The van der Waals surface area contributed by atoms with Crippen molar-refractivity contribution < 1.29 is 29.2 Å². The molecule has 0 radical (unpaired) electrons. The van der Waals surface area contributed by atoms with Crippen LogP contribution in [0.5, 0.6) is 17.2 Å². The Kier molecular flexibility index (Phi) is 7.74. The number of nitrogens with one attached hydrogen (secondary N) is 1. The van der Waals surface area contributed by atoms with E-state index in [-0.39, 0.29) is 13.2 Å². The fourth-order valence-corrected chi connectivity index (χ4v) is 4.93. The monoisotopic (exact) mass is 536 g/mol. The predicted molar refractivity (Wildman–Crippen MR) is 144 cm³/mol. The van der Waals surface area contributed by atoms with Crippen molar-refractivity contribution in [2.75, 3.05) is 26.9 Å². The molecule has 4 aromatic rings. The fraction of sp³-hybridized carbons (Fsp3) is 0.276. The Morgan fingerprint density at radius 3 is 2.50 bits per heavy atom. The van der Waals surface area contributed by atoms with Gasteiger partial charge in [-0.3, -0.25) is 4.90 Å². The molecule has 2 atom stereocenters. The number of carbonyl (C=O) groups is 1. The van der Waals surface area contributed by atoms with Crippen molar-refractivity contribution in [3.63, 3.8) is 0 Å². The number of nitrogens with zero attached hydrogens (tertiary/aromatic N) is 1. The SMILES string of the molecule is COc1ccc(OC(=O)N2CCc3c([nH]c4ccc(Cl)cc34)C2c2ccc(OCC[C@H](O)CO)cc2)cc1. The van der Waals surface area contributed by atoms with Gasteiger partial charge in [0.15, 0.2) is 0 Å². The first kappa shape index (κ1) is 25.9. The van der Waals surface area contributed by atoms with E-state index in [0.717, 1.165) is 27.7 Å². The summed E-state index contributed by atoms with van der Waals surface area (Å²) in [6.07, 6.45) is -0.290. The molecule has 3 aromatic carbocycles. The standard InChI is InChI=1S/C29H29ClN2O6/c1-36-21-7-9-23(10-8-21)38-29(35)32-14-12-24-25-16-19(30)4-11-26(25)31-27(24)28(32)18-2-5-22(6-3-18)37-15-13-20(34)17-33/h2-11,16,20,28,31,33-34H,12-15,17H2,1H3/t20-,28?/m0/s1. The van der Waals surface area contributed by atoms with Crippen LogP contribution < -0.4 is 14.2 Å². The highest BCUT2D eigenvalue weighted by atomic mass is 35.5. The van der Waals surface area contributed by atoms with Crippen LogP contribution in [-0.4, -0.2) is 59.2 Å². The van der Waals surface area contributed by atoms with Gasteiger partial charge in [-0.1, -0.05) is 23.7 Å². The molecule has 0 fully saturated rings. The molecule has 9 heteroatoms. The Labute approximate surface area is 225 Å². The summed E-state index contributed by atoms with van der Waals surface area (Å²) in [5.74, 6) is 1.73. The number of halogens is 1. The molecule has 0 spiro atoms. The highest BCUT2D eigenvalue weighted by Gasteiger charge is 2.35. The Morgan fingerprint density at radius 2 is 1.79 bits per heavy atom. The van der Waals surface area contributed by atoms with E-state index in [2.05, 4.69) is 4.98 Å². The molecule has 8 nitrogen and oxygen atoms in total. The Hall–Kier alpha value is -3.72. The van der Waals surface area contributed by atoms with Crippen LogP contribution in [0.3, 0.4) is 0 Å². The quantitative estimate of drug-likeness (QED) is 0.289. The molecule has 1 unspecified atom stereocenters. The van der Waals surface area contributed by atoms with Gasteiger partial charge < -0.3 is 29.4 Å². The third kappa shape index (κ3) is 5.43. The summed E-state index contributed by atoms with van der Waals surface area (Å²) in [6.45, 7) is 0.436. The summed E-state index contributed by atoms with van der Waals surface area (Å²) in [4.78, 5) is 18.7. The van der Waals surface area contributed by atoms with Gasteiger partial charge in [0.05, 0.1) is 26.4 Å². The number of aromatic nitrogens is 1. The maximum Gasteiger partial charge on any atom is 0.416 e. The zero-order valence-corrected chi connectivity index (χ0v) is 21.6. The molecule has 1 aliphatic rings. The number of rotatable bonds is 8. The smallest absolute Gasteiger partial charge is 0.416 e. The van der Waals surface area contributed by atoms with E-state index in [1.54, 1.807) is 36.3 Å². The van der Waals surface area contributed by atoms with Crippen molar-refractivity contribution in [2.45, 2.75) is 25.0 Å². The summed E-state index contributed by atoms with van der Waals surface area (Å²) in [5, 5.41) is 20.2. The maximum absolute atomic E-state index is 13.5. The summed E-state index contributed by atoms with van der Waals surface area (Å²) < 4.78 is 16.7. The van der Waals surface area contributed by atoms with Crippen molar-refractivity contribution >= 4 is 28.6 Å². The van der Waals surface area contributed by atoms with Crippen molar-refractivity contribution in [3.05, 3.63) is 88.6 Å². The number of carbonyl (C=O) groups excluding carboxylic acids is 1. The molecule has 2 heterocycles. The minimum atomic E-state index is -0.810. The molecular formula is C29H29ClN2O6. The number of amides is 1. The minimum absolute atomic E-state index is 0.276. The molecule has 1 aromatic heterocycles. The second-order valence-electron chi connectivity index (χ2n) is 9.14. The number of hydrogen-bond acceptors (Lipinski definition) is 6. The lowest BCUT2D eigenvalue weighted by Crippen LogP contribution is -2.42. The van der Waals surface area contributed by atoms with Gasteiger partial charge in [-0.25, -0.2) is 4.79 Å². The van der Waals surface area contributed by atoms with Crippen LogP contribution in [0.25, 0.3) is 10.9 Å². The van der Waals surface area contributed by atoms with Crippen LogP contribution in [0.1, 0.15) is 29.3 Å². The van der Waals surface area contributed by atoms with Gasteiger partial charge in [-0.15, -0.1) is 0 Å². The van der Waals surface area contributed by atoms with Crippen LogP contribution in [0, 0.1) is 0 Å². The van der Waals surface area contributed by atoms with E-state index >= 15 is 0 Å². The first-order valence-corrected chi connectivity index (χ1v) is 12.8. The molecule has 1 amide bonds. The molecule has 1 aliphatic heterocycles. The molecule has 0 saturated carbocycles. The minimum Gasteiger partial charge on any atom is -0.497 e. The normalized spacial score (nSPS) is 15.7. The Morgan fingerprint density at radius 1 is 1.08 bits per heavy atom. The van der Waals surface area contributed by atoms with Gasteiger partial charge in [0, 0.05) is 34.6 Å². The van der Waals surface area contributed by atoms with Crippen molar-refractivity contribution in [2.24, 2.45) is 0 Å². The van der Waals surface area contributed by atoms with E-state index < -0.39 is 18.2 Å². The van der Waals surface area contributed by atoms with Gasteiger partial charge in [-0.2, -0.15) is 0 Å². The molecule has 0 saturated heterocycles. The lowest BCUT2D eigenvalue weighted by molar-refractivity contribution is 0.0754. The van der Waals surface area contributed by atoms with Crippen LogP contribution in [-0.2, 0) is 6.42 Å². The summed E-state index contributed by atoms with van der Waals surface area (Å²) in [7, 11) is 1.58. The average Bonchev–Trinajstić information content (AvgIpc) is 3.31. The number of benzene rings is 3. The number of ether oxygens (including phenoxy) is 3. The molecule has 3 N–H and O–H groups in total. The molecular weight excluding hydrogens is 508 g/mol. The number of hydrogen-bond donors (Lipinski definition) is 3. The third-order valence-electron chi connectivity index (χ3n) is 6.71. The molecule has 38 heavy (non-hydrogen) atoms. The van der Waals surface area contributed by atoms with Crippen LogP contribution >= 0.6 is 11.6 Å². The van der Waals surface area contributed by atoms with E-state index in [1.165, 1.54) is 0 Å². The predicted octanol–water partition coefficient (Wildman–Crippen LogP) is 5.10. The van der Waals surface area contributed by atoms with Crippen LogP contribution in [0.15, 0.2) is 66.7 Å². The fourth-order valence-electron chi connectivity index (χ4n) is 4.76. The molecule has 0 bridgehead atoms. The van der Waals surface area contributed by atoms with Crippen molar-refractivity contribution in [3.8, 4) is 17.2 Å². The number of methoxy groups -OCH3 is 1. The lowest BCUT2D eigenvalue weighted by atomic mass is 9.92. The molecule has 0 aliphatic carbocycles. The maximum atomic E-state index is 13.5. The molecule has 198 valence electrons. The second-order valence-corrected chi connectivity index (χ2v) is 9.58. The number of aliphatic hydroxyl groups excluding tert-OH is 2. The van der Waals surface area contributed by atoms with E-state index in [9.17, 15) is 9.90 Å². The summed E-state index contributed by atoms with van der Waals surface area (Å²) >= 11 is 6.30. The first-order chi connectivity index (χ1) is 18.5. The summed E-state index contributed by atoms with van der Waals surface area (Å²) in [6, 6.07) is 19.7.